The summed E-state index contributed by atoms with van der Waals surface area (Å²) in [6.07, 6.45) is 3.93. The van der Waals surface area contributed by atoms with Crippen LogP contribution in [0.3, 0.4) is 0 Å². The molecule has 9 heteroatoms. The number of nitrogens with one attached hydrogen (secondary N) is 1. The molecule has 1 N–H and O–H groups in total. The standard InChI is InChI=1S/C25H32N2O7/c1-5-14(2)21-24(29)30-9-7-6-8-27-16-11-19-18(31-13-32-19)10-15(16)22-23(34-25(3,4)33-22)17(27)12-20(28)26-21/h6-7,10-11,14,17,21-23H,5,8-9,12-13H2,1-4H3,(H,26,28)/b7-6+/t14?,17-,21-,22-,23-/m0/s1. The van der Waals surface area contributed by atoms with Gasteiger partial charge >= 0.3 is 5.97 Å². The van der Waals surface area contributed by atoms with E-state index in [9.17, 15) is 9.59 Å². The van der Waals surface area contributed by atoms with Crippen molar-refractivity contribution in [3.63, 3.8) is 0 Å². The van der Waals surface area contributed by atoms with Gasteiger partial charge in [0.2, 0.25) is 12.7 Å². The zero-order valence-electron chi connectivity index (χ0n) is 20.0. The number of cyclic esters (lactones) is 1. The van der Waals surface area contributed by atoms with Crippen LogP contribution in [0.5, 0.6) is 11.5 Å². The van der Waals surface area contributed by atoms with Crippen molar-refractivity contribution in [2.24, 2.45) is 5.92 Å². The first kappa shape index (κ1) is 23.0. The van der Waals surface area contributed by atoms with Gasteiger partial charge in [-0.1, -0.05) is 26.3 Å². The van der Waals surface area contributed by atoms with E-state index in [0.717, 1.165) is 17.7 Å². The molecule has 1 fully saturated rings. The van der Waals surface area contributed by atoms with E-state index >= 15 is 0 Å². The second-order valence-corrected chi connectivity index (χ2v) is 9.74. The number of fused-ring (bicyclic) bond motifs is 7. The first-order chi connectivity index (χ1) is 16.3. The number of anilines is 1. The summed E-state index contributed by atoms with van der Waals surface area (Å²) < 4.78 is 29.4. The van der Waals surface area contributed by atoms with Crippen molar-refractivity contribution >= 4 is 17.6 Å². The molecule has 4 aliphatic rings. The van der Waals surface area contributed by atoms with Gasteiger partial charge in [-0.2, -0.15) is 0 Å². The maximum atomic E-state index is 13.3. The summed E-state index contributed by atoms with van der Waals surface area (Å²) >= 11 is 0. The molecule has 5 atom stereocenters. The maximum Gasteiger partial charge on any atom is 0.329 e. The number of carbonyl (C=O) groups is 2. The molecule has 4 heterocycles. The average Bonchev–Trinajstić information content (AvgIpc) is 3.38. The molecule has 4 aliphatic heterocycles. The molecular formula is C25H32N2O7. The van der Waals surface area contributed by atoms with E-state index in [4.69, 9.17) is 23.7 Å². The summed E-state index contributed by atoms with van der Waals surface area (Å²) in [6.45, 7) is 8.51. The van der Waals surface area contributed by atoms with Gasteiger partial charge < -0.3 is 33.9 Å². The number of amides is 1. The van der Waals surface area contributed by atoms with Crippen LogP contribution in [0.1, 0.15) is 52.2 Å². The summed E-state index contributed by atoms with van der Waals surface area (Å²) in [5.41, 5.74) is 1.86. The van der Waals surface area contributed by atoms with Crippen molar-refractivity contribution < 1.29 is 33.3 Å². The molecule has 0 spiro atoms. The van der Waals surface area contributed by atoms with Gasteiger partial charge in [-0.25, -0.2) is 4.79 Å². The molecule has 5 rings (SSSR count). The first-order valence-electron chi connectivity index (χ1n) is 11.9. The van der Waals surface area contributed by atoms with Gasteiger partial charge in [0.1, 0.15) is 24.9 Å². The third-order valence-electron chi connectivity index (χ3n) is 7.02. The van der Waals surface area contributed by atoms with Crippen molar-refractivity contribution in [3.05, 3.63) is 29.8 Å². The second kappa shape index (κ2) is 8.78. The highest BCUT2D eigenvalue weighted by atomic mass is 16.8. The summed E-state index contributed by atoms with van der Waals surface area (Å²) in [5, 5.41) is 2.93. The number of hydrogen-bond acceptors (Lipinski definition) is 8. The smallest absolute Gasteiger partial charge is 0.329 e. The lowest BCUT2D eigenvalue weighted by atomic mass is 9.88. The van der Waals surface area contributed by atoms with Gasteiger partial charge in [-0.15, -0.1) is 0 Å². The fourth-order valence-corrected chi connectivity index (χ4v) is 5.12. The minimum absolute atomic E-state index is 0.0518. The van der Waals surface area contributed by atoms with Crippen molar-refractivity contribution in [1.82, 2.24) is 5.32 Å². The first-order valence-corrected chi connectivity index (χ1v) is 11.9. The Morgan fingerprint density at radius 1 is 1.12 bits per heavy atom. The van der Waals surface area contributed by atoms with Crippen LogP contribution in [0.15, 0.2) is 24.3 Å². The molecule has 1 amide bonds. The Bertz CT molecular complexity index is 1010. The SMILES string of the molecule is CCC(C)[C@@H]1NC(=O)C[C@H]2[C@@H]3OC(C)(C)O[C@H]3c3cc4c(cc3N2C/C=C/COC1=O)OCO4. The maximum absolute atomic E-state index is 13.3. The number of nitrogens with zero attached hydrogens (tertiary/aromatic N) is 1. The van der Waals surface area contributed by atoms with Crippen LogP contribution in [0.2, 0.25) is 0 Å². The molecule has 9 nitrogen and oxygen atoms in total. The Hall–Kier alpha value is -2.78. The normalized spacial score (nSPS) is 31.7. The van der Waals surface area contributed by atoms with Crippen LogP contribution in [-0.4, -0.2) is 55.8 Å². The lowest BCUT2D eigenvalue weighted by molar-refractivity contribution is -0.149. The molecule has 0 aliphatic carbocycles. The topological polar surface area (TPSA) is 95.6 Å². The molecule has 34 heavy (non-hydrogen) atoms. The molecule has 0 saturated carbocycles. The van der Waals surface area contributed by atoms with Crippen molar-refractivity contribution in [2.45, 2.75) is 70.6 Å². The fraction of sp³-hybridized carbons (Fsp3) is 0.600. The van der Waals surface area contributed by atoms with E-state index < -0.39 is 17.8 Å². The molecule has 0 aromatic heterocycles. The second-order valence-electron chi connectivity index (χ2n) is 9.74. The number of esters is 1. The van der Waals surface area contributed by atoms with Gasteiger partial charge in [-0.05, 0) is 31.9 Å². The highest BCUT2D eigenvalue weighted by Crippen LogP contribution is 2.52. The largest absolute Gasteiger partial charge is 0.460 e. The monoisotopic (exact) mass is 472 g/mol. The molecule has 1 unspecified atom stereocenters. The van der Waals surface area contributed by atoms with E-state index in [1.165, 1.54) is 0 Å². The number of benzene rings is 1. The molecule has 0 bridgehead atoms. The number of rotatable bonds is 2. The fourth-order valence-electron chi connectivity index (χ4n) is 5.12. The quantitative estimate of drug-likeness (QED) is 0.519. The lowest BCUT2D eigenvalue weighted by Crippen LogP contribution is -2.54. The van der Waals surface area contributed by atoms with Crippen LogP contribution >= 0.6 is 0 Å². The third-order valence-corrected chi connectivity index (χ3v) is 7.02. The number of ether oxygens (including phenoxy) is 5. The molecule has 1 aromatic carbocycles. The van der Waals surface area contributed by atoms with Gasteiger partial charge in [-0.3, -0.25) is 4.79 Å². The number of hydrogen-bond donors (Lipinski definition) is 1. The van der Waals surface area contributed by atoms with Gasteiger partial charge in [0.05, 0.1) is 6.04 Å². The summed E-state index contributed by atoms with van der Waals surface area (Å²) in [7, 11) is 0. The van der Waals surface area contributed by atoms with Crippen molar-refractivity contribution in [3.8, 4) is 11.5 Å². The molecule has 184 valence electrons. The van der Waals surface area contributed by atoms with Crippen molar-refractivity contribution in [1.29, 1.82) is 0 Å². The summed E-state index contributed by atoms with van der Waals surface area (Å²) in [5.74, 6) is -0.152. The minimum Gasteiger partial charge on any atom is -0.460 e. The Morgan fingerprint density at radius 3 is 2.65 bits per heavy atom. The van der Waals surface area contributed by atoms with Crippen molar-refractivity contribution in [2.75, 3.05) is 24.8 Å². The Kier molecular flexibility index (Phi) is 5.93. The van der Waals surface area contributed by atoms with E-state index in [1.807, 2.05) is 52.0 Å². The summed E-state index contributed by atoms with van der Waals surface area (Å²) in [6, 6.07) is 2.90. The average molecular weight is 473 g/mol. The van der Waals surface area contributed by atoms with E-state index in [2.05, 4.69) is 10.2 Å². The number of carbonyl (C=O) groups excluding carboxylic acids is 2. The van der Waals surface area contributed by atoms with E-state index in [-0.39, 0.29) is 49.9 Å². The van der Waals surface area contributed by atoms with Crippen LogP contribution in [0.25, 0.3) is 0 Å². The van der Waals surface area contributed by atoms with E-state index in [0.29, 0.717) is 18.0 Å². The van der Waals surface area contributed by atoms with Gasteiger partial charge in [0.25, 0.3) is 0 Å². The van der Waals surface area contributed by atoms with E-state index in [1.54, 1.807) is 0 Å². The van der Waals surface area contributed by atoms with Crippen LogP contribution in [0.4, 0.5) is 5.69 Å². The Morgan fingerprint density at radius 2 is 1.88 bits per heavy atom. The Balaban J connectivity index is 1.55. The van der Waals surface area contributed by atoms with Crippen LogP contribution < -0.4 is 19.7 Å². The van der Waals surface area contributed by atoms with Gasteiger partial charge in [0, 0.05) is 30.3 Å². The molecule has 0 radical (unpaired) electrons. The highest BCUT2D eigenvalue weighted by Gasteiger charge is 2.52. The molecule has 1 aromatic rings. The summed E-state index contributed by atoms with van der Waals surface area (Å²) in [4.78, 5) is 28.1. The lowest BCUT2D eigenvalue weighted by Gasteiger charge is -2.43. The zero-order chi connectivity index (χ0) is 24.0. The molecule has 1 saturated heterocycles. The predicted molar refractivity (Wildman–Crippen MR) is 123 cm³/mol. The van der Waals surface area contributed by atoms with Crippen LogP contribution in [-0.2, 0) is 23.8 Å². The van der Waals surface area contributed by atoms with Gasteiger partial charge in [0.15, 0.2) is 17.3 Å². The molecular weight excluding hydrogens is 440 g/mol. The minimum atomic E-state index is -0.807. The van der Waals surface area contributed by atoms with Crippen LogP contribution in [0, 0.1) is 5.92 Å². The highest BCUT2D eigenvalue weighted by molar-refractivity contribution is 5.85. The zero-order valence-corrected chi connectivity index (χ0v) is 20.0. The Labute approximate surface area is 199 Å². The predicted octanol–water partition coefficient (Wildman–Crippen LogP) is 2.83. The third kappa shape index (κ3) is 4.11.